The third-order valence-corrected chi connectivity index (χ3v) is 10.8. The number of imidazole rings is 2. The summed E-state index contributed by atoms with van der Waals surface area (Å²) in [5, 5.41) is 0. The molecule has 2 bridgehead atoms. The number of nitrogens with two attached hydrogens (primary N) is 2. The van der Waals surface area contributed by atoms with Gasteiger partial charge in [0.1, 0.15) is 42.0 Å². The number of aromatic amines is 1. The summed E-state index contributed by atoms with van der Waals surface area (Å²) in [5.74, 6) is -0.151. The fourth-order valence-electron chi connectivity index (χ4n) is 5.69. The van der Waals surface area contributed by atoms with E-state index in [4.69, 9.17) is 67.4 Å². The molecule has 3 aliphatic rings. The Hall–Kier alpha value is -2.76. The summed E-state index contributed by atoms with van der Waals surface area (Å²) in [5.41, 5.74) is 10.2. The van der Waals surface area contributed by atoms with Crippen molar-refractivity contribution in [3.8, 4) is 0 Å². The van der Waals surface area contributed by atoms with Crippen molar-refractivity contribution in [2.45, 2.75) is 49.1 Å². The number of nitrogens with zero attached hydrogens (tertiary/aromatic N) is 6. The van der Waals surface area contributed by atoms with E-state index < -0.39 is 87.0 Å². The van der Waals surface area contributed by atoms with E-state index in [2.05, 4.69) is 19.9 Å². The standard InChI is InChI=1S/C22H26FN9O11P2S2/c1-37-15-9-6-39-44(35,46)42-14-8(40-19(12(14)23)32-7-26-13-17(32)28-21(25)29-18(13)33)5-38-45(36,47)43-16(15)20(41-9)30-3-2-11-27-10(24)4-31(11)22(30)34/h2-4,7-9,12,14-16,19-20H,5-6,24H2,1H3,(H,35,46)(H,36,47)(H3,25,28,29,33)/t8-,9-,12-,14-,15-,16-,19-,20-,44?,45?/m1/s1. The van der Waals surface area contributed by atoms with E-state index in [9.17, 15) is 19.4 Å². The van der Waals surface area contributed by atoms with Crippen LogP contribution in [-0.4, -0.2) is 100 Å². The van der Waals surface area contributed by atoms with Crippen molar-refractivity contribution in [3.63, 3.8) is 0 Å². The molecule has 2 unspecified atom stereocenters. The van der Waals surface area contributed by atoms with Crippen molar-refractivity contribution in [2.75, 3.05) is 31.8 Å². The molecule has 0 aliphatic carbocycles. The van der Waals surface area contributed by atoms with Crippen LogP contribution in [0, 0.1) is 0 Å². The van der Waals surface area contributed by atoms with E-state index in [1.54, 1.807) is 0 Å². The summed E-state index contributed by atoms with van der Waals surface area (Å²) in [7, 11) is 1.32. The largest absolute Gasteiger partial charge is 0.382 e. The van der Waals surface area contributed by atoms with Gasteiger partial charge in [0, 0.05) is 13.3 Å². The minimum atomic E-state index is -4.27. The van der Waals surface area contributed by atoms with Gasteiger partial charge in [-0.25, -0.2) is 23.6 Å². The molecule has 3 fully saturated rings. The minimum absolute atomic E-state index is 0.0962. The Morgan fingerprint density at radius 1 is 1.04 bits per heavy atom. The summed E-state index contributed by atoms with van der Waals surface area (Å²) in [6.45, 7) is -9.63. The smallest absolute Gasteiger partial charge is 0.336 e. The molecule has 0 aromatic carbocycles. The summed E-state index contributed by atoms with van der Waals surface area (Å²) < 4.78 is 59.8. The molecule has 7 rings (SSSR count). The maximum atomic E-state index is 16.1. The molecule has 0 spiro atoms. The van der Waals surface area contributed by atoms with Crippen molar-refractivity contribution in [3.05, 3.63) is 45.6 Å². The molecule has 0 amide bonds. The van der Waals surface area contributed by atoms with E-state index in [-0.39, 0.29) is 28.6 Å². The summed E-state index contributed by atoms with van der Waals surface area (Å²) in [6.07, 6.45) is -7.52. The van der Waals surface area contributed by atoms with Crippen molar-refractivity contribution in [2.24, 2.45) is 0 Å². The molecule has 10 atom stereocenters. The average Bonchev–Trinajstić information content (AvgIpc) is 3.75. The van der Waals surface area contributed by atoms with Crippen LogP contribution < -0.4 is 22.7 Å². The molecular formula is C22H26FN9O11P2S2. The van der Waals surface area contributed by atoms with E-state index in [0.29, 0.717) is 0 Å². The van der Waals surface area contributed by atoms with Gasteiger partial charge in [-0.1, -0.05) is 0 Å². The monoisotopic (exact) mass is 737 g/mol. The van der Waals surface area contributed by atoms with Gasteiger partial charge in [0.05, 0.1) is 25.7 Å². The van der Waals surface area contributed by atoms with Crippen LogP contribution in [0.25, 0.3) is 16.8 Å². The first-order valence-electron chi connectivity index (χ1n) is 13.6. The molecule has 4 aromatic heterocycles. The molecule has 254 valence electrons. The minimum Gasteiger partial charge on any atom is -0.382 e. The molecule has 7 heterocycles. The Morgan fingerprint density at radius 2 is 1.72 bits per heavy atom. The van der Waals surface area contributed by atoms with E-state index in [0.717, 1.165) is 15.5 Å². The fraction of sp³-hybridized carbons (Fsp3) is 0.500. The molecule has 25 heteroatoms. The number of ether oxygens (including phenoxy) is 3. The second-order valence-corrected chi connectivity index (χ2v) is 16.2. The van der Waals surface area contributed by atoms with Gasteiger partial charge in [0.2, 0.25) is 5.95 Å². The van der Waals surface area contributed by atoms with Crippen LogP contribution in [0.4, 0.5) is 16.2 Å². The normalized spacial score (nSPS) is 36.6. The van der Waals surface area contributed by atoms with Gasteiger partial charge in [-0.15, -0.1) is 0 Å². The van der Waals surface area contributed by atoms with Crippen molar-refractivity contribution >= 4 is 65.6 Å². The molecule has 3 aliphatic heterocycles. The second-order valence-electron chi connectivity index (χ2n) is 10.6. The maximum Gasteiger partial charge on any atom is 0.336 e. The molecule has 7 N–H and O–H groups in total. The first kappa shape index (κ1) is 32.8. The molecule has 47 heavy (non-hydrogen) atoms. The van der Waals surface area contributed by atoms with Crippen LogP contribution in [0.5, 0.6) is 0 Å². The highest BCUT2D eigenvalue weighted by atomic mass is 32.5. The zero-order chi connectivity index (χ0) is 33.4. The molecule has 0 radical (unpaired) electrons. The Labute approximate surface area is 271 Å². The van der Waals surface area contributed by atoms with Crippen LogP contribution in [0.15, 0.2) is 34.4 Å². The highest BCUT2D eigenvalue weighted by molar-refractivity contribution is 8.07. The lowest BCUT2D eigenvalue weighted by Crippen LogP contribution is -2.39. The van der Waals surface area contributed by atoms with E-state index >= 15 is 4.39 Å². The van der Waals surface area contributed by atoms with E-state index in [1.807, 2.05) is 0 Å². The number of alkyl halides is 1. The lowest BCUT2D eigenvalue weighted by molar-refractivity contribution is -0.0632. The Morgan fingerprint density at radius 3 is 2.45 bits per heavy atom. The van der Waals surface area contributed by atoms with E-state index in [1.165, 1.54) is 30.0 Å². The predicted molar refractivity (Wildman–Crippen MR) is 165 cm³/mol. The van der Waals surface area contributed by atoms with Gasteiger partial charge in [0.25, 0.3) is 5.56 Å². The molecule has 0 saturated carbocycles. The number of fused-ring (bicyclic) bond motifs is 5. The summed E-state index contributed by atoms with van der Waals surface area (Å²) in [4.78, 5) is 62.3. The third kappa shape index (κ3) is 5.94. The lowest BCUT2D eigenvalue weighted by Gasteiger charge is -2.28. The second kappa shape index (κ2) is 12.0. The molecular weight excluding hydrogens is 711 g/mol. The number of rotatable bonds is 3. The van der Waals surface area contributed by atoms with Gasteiger partial charge in [-0.05, 0) is 29.7 Å². The fourth-order valence-corrected chi connectivity index (χ4v) is 8.53. The zero-order valence-electron chi connectivity index (χ0n) is 23.8. The number of aromatic nitrogens is 7. The highest BCUT2D eigenvalue weighted by Gasteiger charge is 2.53. The van der Waals surface area contributed by atoms with Crippen LogP contribution in [0.1, 0.15) is 12.5 Å². The first-order valence-corrected chi connectivity index (χ1v) is 18.8. The summed E-state index contributed by atoms with van der Waals surface area (Å²) in [6, 6.07) is 1.50. The highest BCUT2D eigenvalue weighted by Crippen LogP contribution is 2.54. The first-order chi connectivity index (χ1) is 22.2. The predicted octanol–water partition coefficient (Wildman–Crippen LogP) is -0.808. The Kier molecular flexibility index (Phi) is 8.35. The number of methoxy groups -OCH3 is 1. The van der Waals surface area contributed by atoms with Gasteiger partial charge >= 0.3 is 19.1 Å². The molecule has 4 aromatic rings. The van der Waals surface area contributed by atoms with Gasteiger partial charge in [-0.2, -0.15) is 4.98 Å². The SMILES string of the molecule is CO[C@H]1[C@H]2OP(O)(=S)OC[C@H]3O[C@@H](n4cnc5c(=O)[nH]c(N)nc54)[C@H](F)[C@@H]3OP(O)(=S)OC[C@H]1O[C@H]2n1ccc2nc(N)cn2c1=O. The van der Waals surface area contributed by atoms with Crippen LogP contribution in [-0.2, 0) is 55.9 Å². The lowest BCUT2D eigenvalue weighted by atomic mass is 10.1. The number of anilines is 2. The Balaban J connectivity index is 1.22. The number of halogens is 1. The van der Waals surface area contributed by atoms with Gasteiger partial charge in [0.15, 0.2) is 29.8 Å². The topological polar surface area (TPSA) is 260 Å². The Bertz CT molecular complexity index is 2080. The number of hydrogen-bond acceptors (Lipinski definition) is 16. The number of nitrogen functional groups attached to an aromatic ring is 2. The number of hydrogen-bond donors (Lipinski definition) is 5. The van der Waals surface area contributed by atoms with Crippen molar-refractivity contribution < 1.29 is 46.5 Å². The quantitative estimate of drug-likeness (QED) is 0.161. The summed E-state index contributed by atoms with van der Waals surface area (Å²) >= 11 is 10.5. The number of nitrogens with one attached hydrogen (secondary N) is 1. The molecule has 20 nitrogen and oxygen atoms in total. The van der Waals surface area contributed by atoms with Gasteiger partial charge < -0.3 is 44.5 Å². The van der Waals surface area contributed by atoms with Crippen LogP contribution in [0.3, 0.4) is 0 Å². The van der Waals surface area contributed by atoms with Crippen molar-refractivity contribution in [1.29, 1.82) is 0 Å². The molecule has 3 saturated heterocycles. The van der Waals surface area contributed by atoms with Crippen LogP contribution >= 0.6 is 13.4 Å². The number of H-pyrrole nitrogens is 1. The third-order valence-electron chi connectivity index (χ3n) is 7.70. The van der Waals surface area contributed by atoms with Gasteiger partial charge in [-0.3, -0.25) is 28.0 Å². The maximum absolute atomic E-state index is 16.1. The van der Waals surface area contributed by atoms with Crippen LogP contribution in [0.2, 0.25) is 0 Å². The zero-order valence-corrected chi connectivity index (χ0v) is 27.3. The van der Waals surface area contributed by atoms with Crippen molar-refractivity contribution in [1.82, 2.24) is 33.5 Å². The average molecular weight is 738 g/mol.